The van der Waals surface area contributed by atoms with Gasteiger partial charge in [-0.25, -0.2) is 9.97 Å². The highest BCUT2D eigenvalue weighted by atomic mass is 35.5. The summed E-state index contributed by atoms with van der Waals surface area (Å²) >= 11 is 5.97. The van der Waals surface area contributed by atoms with Crippen LogP contribution in [0.4, 0.5) is 0 Å². The first-order valence-electron chi connectivity index (χ1n) is 6.16. The first-order valence-corrected chi connectivity index (χ1v) is 6.54. The molecule has 0 atom stereocenters. The molecule has 0 radical (unpaired) electrons. The zero-order valence-corrected chi connectivity index (χ0v) is 11.8. The standard InChI is InChI=1S/C15H12ClN3O/c1-9-7-10(2)19-15(18-9)20-14-5-6-17-13-8-11(16)3-4-12(13)14/h3-8H,1-2H3. The number of hydrogen-bond acceptors (Lipinski definition) is 4. The minimum Gasteiger partial charge on any atom is -0.424 e. The summed E-state index contributed by atoms with van der Waals surface area (Å²) in [4.78, 5) is 12.8. The minimum absolute atomic E-state index is 0.338. The van der Waals surface area contributed by atoms with E-state index in [-0.39, 0.29) is 0 Å². The van der Waals surface area contributed by atoms with Crippen LogP contribution in [-0.4, -0.2) is 15.0 Å². The van der Waals surface area contributed by atoms with E-state index in [0.717, 1.165) is 22.3 Å². The number of halogens is 1. The number of ether oxygens (including phenoxy) is 1. The van der Waals surface area contributed by atoms with Crippen molar-refractivity contribution in [3.63, 3.8) is 0 Å². The zero-order chi connectivity index (χ0) is 14.1. The van der Waals surface area contributed by atoms with Crippen LogP contribution in [-0.2, 0) is 0 Å². The maximum Gasteiger partial charge on any atom is 0.322 e. The topological polar surface area (TPSA) is 47.9 Å². The molecule has 0 saturated heterocycles. The Morgan fingerprint density at radius 2 is 1.75 bits per heavy atom. The van der Waals surface area contributed by atoms with Gasteiger partial charge in [0.2, 0.25) is 0 Å². The Bertz CT molecular complexity index is 769. The molecule has 2 heterocycles. The number of aryl methyl sites for hydroxylation is 2. The quantitative estimate of drug-likeness (QED) is 0.711. The predicted octanol–water partition coefficient (Wildman–Crippen LogP) is 4.09. The Kier molecular flexibility index (Phi) is 3.24. The van der Waals surface area contributed by atoms with Crippen LogP contribution in [0.3, 0.4) is 0 Å². The number of fused-ring (bicyclic) bond motifs is 1. The third-order valence-electron chi connectivity index (χ3n) is 2.83. The Balaban J connectivity index is 2.06. The molecule has 2 aromatic heterocycles. The van der Waals surface area contributed by atoms with Gasteiger partial charge in [-0.15, -0.1) is 0 Å². The molecule has 0 N–H and O–H groups in total. The fraction of sp³-hybridized carbons (Fsp3) is 0.133. The van der Waals surface area contributed by atoms with E-state index in [4.69, 9.17) is 16.3 Å². The maximum absolute atomic E-state index is 5.97. The third-order valence-corrected chi connectivity index (χ3v) is 3.06. The summed E-state index contributed by atoms with van der Waals surface area (Å²) in [5.41, 5.74) is 2.52. The SMILES string of the molecule is Cc1cc(C)nc(Oc2ccnc3cc(Cl)ccc23)n1. The van der Waals surface area contributed by atoms with Gasteiger partial charge in [0, 0.05) is 28.0 Å². The van der Waals surface area contributed by atoms with Crippen LogP contribution in [0.25, 0.3) is 10.9 Å². The average molecular weight is 286 g/mol. The van der Waals surface area contributed by atoms with Crippen molar-refractivity contribution < 1.29 is 4.74 Å². The van der Waals surface area contributed by atoms with Gasteiger partial charge in [-0.3, -0.25) is 4.98 Å². The van der Waals surface area contributed by atoms with E-state index >= 15 is 0 Å². The van der Waals surface area contributed by atoms with Crippen LogP contribution in [0, 0.1) is 13.8 Å². The van der Waals surface area contributed by atoms with E-state index in [1.165, 1.54) is 0 Å². The second-order valence-electron chi connectivity index (χ2n) is 4.51. The number of aromatic nitrogens is 3. The smallest absolute Gasteiger partial charge is 0.322 e. The lowest BCUT2D eigenvalue weighted by molar-refractivity contribution is 0.443. The van der Waals surface area contributed by atoms with Crippen molar-refractivity contribution >= 4 is 22.5 Å². The highest BCUT2D eigenvalue weighted by molar-refractivity contribution is 6.31. The van der Waals surface area contributed by atoms with Crippen LogP contribution in [0.2, 0.25) is 5.02 Å². The molecule has 0 unspecified atom stereocenters. The third kappa shape index (κ3) is 2.56. The molecule has 0 fully saturated rings. The lowest BCUT2D eigenvalue weighted by Crippen LogP contribution is -1.96. The van der Waals surface area contributed by atoms with Crippen molar-refractivity contribution in [2.45, 2.75) is 13.8 Å². The molecule has 0 aliphatic heterocycles. The molecule has 3 aromatic rings. The molecule has 5 heteroatoms. The number of pyridine rings is 1. The van der Waals surface area contributed by atoms with Gasteiger partial charge in [0.05, 0.1) is 5.52 Å². The van der Waals surface area contributed by atoms with Crippen LogP contribution >= 0.6 is 11.6 Å². The highest BCUT2D eigenvalue weighted by Crippen LogP contribution is 2.28. The molecule has 0 spiro atoms. The van der Waals surface area contributed by atoms with Gasteiger partial charge in [-0.1, -0.05) is 11.6 Å². The van der Waals surface area contributed by atoms with Crippen molar-refractivity contribution in [1.82, 2.24) is 15.0 Å². The molecule has 1 aromatic carbocycles. The summed E-state index contributed by atoms with van der Waals surface area (Å²) in [5, 5.41) is 1.52. The first kappa shape index (κ1) is 12.8. The monoisotopic (exact) mass is 285 g/mol. The predicted molar refractivity (Wildman–Crippen MR) is 78.3 cm³/mol. The molecule has 0 saturated carbocycles. The largest absolute Gasteiger partial charge is 0.424 e. The van der Waals surface area contributed by atoms with Gasteiger partial charge in [0.15, 0.2) is 0 Å². The molecular weight excluding hydrogens is 274 g/mol. The number of hydrogen-bond donors (Lipinski definition) is 0. The second-order valence-corrected chi connectivity index (χ2v) is 4.94. The van der Waals surface area contributed by atoms with Crippen molar-refractivity contribution in [2.24, 2.45) is 0 Å². The van der Waals surface area contributed by atoms with Gasteiger partial charge in [0.1, 0.15) is 5.75 Å². The number of rotatable bonds is 2. The molecule has 0 aliphatic carbocycles. The first-order chi connectivity index (χ1) is 9.61. The normalized spacial score (nSPS) is 10.8. The van der Waals surface area contributed by atoms with E-state index in [1.54, 1.807) is 24.4 Å². The minimum atomic E-state index is 0.338. The van der Waals surface area contributed by atoms with Crippen molar-refractivity contribution in [1.29, 1.82) is 0 Å². The average Bonchev–Trinajstić information content (AvgIpc) is 2.37. The Morgan fingerprint density at radius 1 is 1.00 bits per heavy atom. The van der Waals surface area contributed by atoms with E-state index in [0.29, 0.717) is 16.8 Å². The molecule has 100 valence electrons. The summed E-state index contributed by atoms with van der Waals surface area (Å²) < 4.78 is 5.79. The lowest BCUT2D eigenvalue weighted by atomic mass is 10.2. The molecular formula is C15H12ClN3O. The summed E-state index contributed by atoms with van der Waals surface area (Å²) in [6.45, 7) is 3.82. The fourth-order valence-electron chi connectivity index (χ4n) is 2.02. The molecule has 0 aliphatic rings. The lowest BCUT2D eigenvalue weighted by Gasteiger charge is -2.08. The Hall–Kier alpha value is -2.20. The van der Waals surface area contributed by atoms with Crippen LogP contribution in [0.1, 0.15) is 11.4 Å². The fourth-order valence-corrected chi connectivity index (χ4v) is 2.19. The Labute approximate surface area is 121 Å². The van der Waals surface area contributed by atoms with Crippen LogP contribution in [0.5, 0.6) is 11.8 Å². The number of nitrogens with zero attached hydrogens (tertiary/aromatic N) is 3. The van der Waals surface area contributed by atoms with E-state index in [2.05, 4.69) is 15.0 Å². The summed E-state index contributed by atoms with van der Waals surface area (Å²) in [7, 11) is 0. The van der Waals surface area contributed by atoms with E-state index in [1.807, 2.05) is 26.0 Å². The zero-order valence-electron chi connectivity index (χ0n) is 11.1. The van der Waals surface area contributed by atoms with Gasteiger partial charge >= 0.3 is 6.01 Å². The van der Waals surface area contributed by atoms with Gasteiger partial charge < -0.3 is 4.74 Å². The molecule has 0 bridgehead atoms. The van der Waals surface area contributed by atoms with Crippen molar-refractivity contribution in [2.75, 3.05) is 0 Å². The Morgan fingerprint density at radius 3 is 2.50 bits per heavy atom. The summed E-state index contributed by atoms with van der Waals surface area (Å²) in [6.07, 6.45) is 1.68. The van der Waals surface area contributed by atoms with E-state index in [9.17, 15) is 0 Å². The summed E-state index contributed by atoms with van der Waals surface area (Å²) in [5.74, 6) is 0.664. The van der Waals surface area contributed by atoms with Gasteiger partial charge in [-0.05, 0) is 44.2 Å². The molecule has 3 rings (SSSR count). The van der Waals surface area contributed by atoms with Crippen molar-refractivity contribution in [3.8, 4) is 11.8 Å². The maximum atomic E-state index is 5.97. The van der Waals surface area contributed by atoms with Crippen LogP contribution in [0.15, 0.2) is 36.5 Å². The second kappa shape index (κ2) is 5.06. The molecule has 4 nitrogen and oxygen atoms in total. The van der Waals surface area contributed by atoms with Gasteiger partial charge in [-0.2, -0.15) is 0 Å². The molecule has 0 amide bonds. The van der Waals surface area contributed by atoms with Crippen molar-refractivity contribution in [3.05, 3.63) is 52.9 Å². The van der Waals surface area contributed by atoms with Crippen LogP contribution < -0.4 is 4.74 Å². The molecule has 20 heavy (non-hydrogen) atoms. The van der Waals surface area contributed by atoms with Gasteiger partial charge in [0.25, 0.3) is 0 Å². The summed E-state index contributed by atoms with van der Waals surface area (Å²) in [6, 6.07) is 9.51. The highest BCUT2D eigenvalue weighted by Gasteiger charge is 2.07. The number of benzene rings is 1. The van der Waals surface area contributed by atoms with E-state index < -0.39 is 0 Å².